The van der Waals surface area contributed by atoms with E-state index in [9.17, 15) is 9.59 Å². The smallest absolute Gasteiger partial charge is 0.317 e. The van der Waals surface area contributed by atoms with Crippen LogP contribution in [0.15, 0.2) is 6.07 Å². The predicted molar refractivity (Wildman–Crippen MR) is 78.6 cm³/mol. The van der Waals surface area contributed by atoms with Gasteiger partial charge in [0.05, 0.1) is 5.56 Å². The second-order valence-electron chi connectivity index (χ2n) is 4.49. The molecule has 1 aliphatic heterocycles. The molecule has 0 spiro atoms. The summed E-state index contributed by atoms with van der Waals surface area (Å²) in [5, 5.41) is 10.1. The first-order chi connectivity index (χ1) is 10.0. The van der Waals surface area contributed by atoms with Crippen LogP contribution in [0.3, 0.4) is 0 Å². The molecule has 1 aromatic rings. The van der Waals surface area contributed by atoms with Gasteiger partial charge >= 0.3 is 6.03 Å². The van der Waals surface area contributed by atoms with Gasteiger partial charge in [-0.3, -0.25) is 4.79 Å². The first kappa shape index (κ1) is 15.8. The summed E-state index contributed by atoms with van der Waals surface area (Å²) in [5.74, 6) is -0.257. The van der Waals surface area contributed by atoms with Crippen LogP contribution in [0.4, 0.5) is 4.79 Å². The largest absolute Gasteiger partial charge is 0.338 e. The standard InChI is InChI=1S/C12H15Cl2N5O2/c1-2-15-12(21)19-5-3-18(4-6-19)11(20)8-7-9(13)16-17-10(8)14/h7H,2-6H2,1H3,(H,15,21). The molecule has 0 unspecified atom stereocenters. The monoisotopic (exact) mass is 331 g/mol. The van der Waals surface area contributed by atoms with Crippen LogP contribution in [0.25, 0.3) is 0 Å². The van der Waals surface area contributed by atoms with Gasteiger partial charge in [0, 0.05) is 32.7 Å². The highest BCUT2D eigenvalue weighted by molar-refractivity contribution is 6.34. The Balaban J connectivity index is 2.00. The van der Waals surface area contributed by atoms with Crippen LogP contribution in [0.5, 0.6) is 0 Å². The fourth-order valence-electron chi connectivity index (χ4n) is 2.05. The zero-order chi connectivity index (χ0) is 15.4. The fourth-order valence-corrected chi connectivity index (χ4v) is 2.37. The van der Waals surface area contributed by atoms with Gasteiger partial charge in [-0.25, -0.2) is 4.79 Å². The van der Waals surface area contributed by atoms with Crippen molar-refractivity contribution in [2.24, 2.45) is 0 Å². The number of rotatable bonds is 2. The van der Waals surface area contributed by atoms with E-state index < -0.39 is 0 Å². The lowest BCUT2D eigenvalue weighted by Gasteiger charge is -2.34. The van der Waals surface area contributed by atoms with Crippen LogP contribution < -0.4 is 5.32 Å². The molecule has 1 aliphatic rings. The molecule has 3 amide bonds. The van der Waals surface area contributed by atoms with Gasteiger partial charge in [0.1, 0.15) is 0 Å². The Morgan fingerprint density at radius 3 is 2.43 bits per heavy atom. The first-order valence-electron chi connectivity index (χ1n) is 6.53. The molecule has 1 saturated heterocycles. The van der Waals surface area contributed by atoms with E-state index in [1.807, 2.05) is 6.92 Å². The average molecular weight is 332 g/mol. The summed E-state index contributed by atoms with van der Waals surface area (Å²) >= 11 is 11.6. The molecule has 7 nitrogen and oxygen atoms in total. The van der Waals surface area contributed by atoms with E-state index in [2.05, 4.69) is 15.5 Å². The van der Waals surface area contributed by atoms with Gasteiger partial charge in [-0.2, -0.15) is 0 Å². The van der Waals surface area contributed by atoms with Crippen molar-refractivity contribution in [2.45, 2.75) is 6.92 Å². The summed E-state index contributed by atoms with van der Waals surface area (Å²) < 4.78 is 0. The molecular weight excluding hydrogens is 317 g/mol. The Kier molecular flexibility index (Phi) is 5.19. The van der Waals surface area contributed by atoms with Crippen LogP contribution in [0.1, 0.15) is 17.3 Å². The highest BCUT2D eigenvalue weighted by Crippen LogP contribution is 2.18. The Bertz CT molecular complexity index is 546. The summed E-state index contributed by atoms with van der Waals surface area (Å²) in [4.78, 5) is 27.4. The van der Waals surface area contributed by atoms with Crippen molar-refractivity contribution in [1.29, 1.82) is 0 Å². The lowest BCUT2D eigenvalue weighted by atomic mass is 10.2. The lowest BCUT2D eigenvalue weighted by molar-refractivity contribution is 0.0665. The van der Waals surface area contributed by atoms with E-state index in [1.165, 1.54) is 6.07 Å². The van der Waals surface area contributed by atoms with E-state index in [-0.39, 0.29) is 27.8 Å². The van der Waals surface area contributed by atoms with Crippen molar-refractivity contribution >= 4 is 35.1 Å². The number of nitrogens with zero attached hydrogens (tertiary/aromatic N) is 4. The topological polar surface area (TPSA) is 78.4 Å². The minimum atomic E-state index is -0.257. The Hall–Kier alpha value is -1.60. The molecule has 2 heterocycles. The highest BCUT2D eigenvalue weighted by Gasteiger charge is 2.26. The average Bonchev–Trinajstić information content (AvgIpc) is 2.49. The van der Waals surface area contributed by atoms with Crippen LogP contribution >= 0.6 is 23.2 Å². The van der Waals surface area contributed by atoms with Gasteiger partial charge in [-0.1, -0.05) is 23.2 Å². The molecule has 0 aromatic carbocycles. The molecule has 1 aromatic heterocycles. The molecule has 0 aliphatic carbocycles. The number of hydrogen-bond acceptors (Lipinski definition) is 4. The van der Waals surface area contributed by atoms with Crippen molar-refractivity contribution in [1.82, 2.24) is 25.3 Å². The lowest BCUT2D eigenvalue weighted by Crippen LogP contribution is -2.53. The molecule has 1 N–H and O–H groups in total. The highest BCUT2D eigenvalue weighted by atomic mass is 35.5. The Morgan fingerprint density at radius 1 is 1.19 bits per heavy atom. The summed E-state index contributed by atoms with van der Waals surface area (Å²) in [5.41, 5.74) is 0.225. The van der Waals surface area contributed by atoms with E-state index in [0.717, 1.165) is 0 Å². The van der Waals surface area contributed by atoms with Gasteiger partial charge in [0.25, 0.3) is 5.91 Å². The number of hydrogen-bond donors (Lipinski definition) is 1. The number of halogens is 2. The number of aromatic nitrogens is 2. The minimum Gasteiger partial charge on any atom is -0.338 e. The maximum Gasteiger partial charge on any atom is 0.317 e. The molecular formula is C12H15Cl2N5O2. The second kappa shape index (κ2) is 6.91. The van der Waals surface area contributed by atoms with Crippen LogP contribution in [-0.4, -0.2) is 64.7 Å². The molecule has 1 fully saturated rings. The van der Waals surface area contributed by atoms with Gasteiger partial charge in [0.2, 0.25) is 0 Å². The maximum atomic E-state index is 12.4. The summed E-state index contributed by atoms with van der Waals surface area (Å²) in [7, 11) is 0. The van der Waals surface area contributed by atoms with Gasteiger partial charge in [-0.15, -0.1) is 10.2 Å². The Labute approximate surface area is 132 Å². The SMILES string of the molecule is CCNC(=O)N1CCN(C(=O)c2cc(Cl)nnc2Cl)CC1. The third-order valence-corrected chi connectivity index (χ3v) is 3.60. The number of nitrogens with one attached hydrogen (secondary N) is 1. The number of amides is 3. The predicted octanol–water partition coefficient (Wildman–Crippen LogP) is 1.27. The zero-order valence-corrected chi connectivity index (χ0v) is 13.0. The van der Waals surface area contributed by atoms with Gasteiger partial charge in [0.15, 0.2) is 10.3 Å². The normalized spacial score (nSPS) is 15.0. The molecule has 0 saturated carbocycles. The zero-order valence-electron chi connectivity index (χ0n) is 11.5. The summed E-state index contributed by atoms with van der Waals surface area (Å²) in [6.45, 7) is 4.26. The first-order valence-corrected chi connectivity index (χ1v) is 7.29. The van der Waals surface area contributed by atoms with Crippen molar-refractivity contribution in [2.75, 3.05) is 32.7 Å². The van der Waals surface area contributed by atoms with E-state index >= 15 is 0 Å². The number of urea groups is 1. The maximum absolute atomic E-state index is 12.4. The van der Waals surface area contributed by atoms with E-state index in [1.54, 1.807) is 9.80 Å². The molecule has 2 rings (SSSR count). The van der Waals surface area contributed by atoms with Crippen LogP contribution in [-0.2, 0) is 0 Å². The molecule has 114 valence electrons. The Morgan fingerprint density at radius 2 is 1.81 bits per heavy atom. The summed E-state index contributed by atoms with van der Waals surface area (Å²) in [6.07, 6.45) is 0. The minimum absolute atomic E-state index is 0.0237. The van der Waals surface area contributed by atoms with Crippen molar-refractivity contribution in [3.05, 3.63) is 21.9 Å². The van der Waals surface area contributed by atoms with E-state index in [0.29, 0.717) is 32.7 Å². The summed E-state index contributed by atoms with van der Waals surface area (Å²) in [6, 6.07) is 1.28. The van der Waals surface area contributed by atoms with Crippen molar-refractivity contribution in [3.63, 3.8) is 0 Å². The quantitative estimate of drug-likeness (QED) is 0.885. The van der Waals surface area contributed by atoms with Crippen LogP contribution in [0, 0.1) is 0 Å². The number of carbonyl (C=O) groups excluding carboxylic acids is 2. The van der Waals surface area contributed by atoms with Crippen molar-refractivity contribution in [3.8, 4) is 0 Å². The third-order valence-electron chi connectivity index (χ3n) is 3.13. The molecule has 0 atom stereocenters. The fraction of sp³-hybridized carbons (Fsp3) is 0.500. The number of piperazine rings is 1. The van der Waals surface area contributed by atoms with Crippen LogP contribution in [0.2, 0.25) is 10.3 Å². The third kappa shape index (κ3) is 3.74. The van der Waals surface area contributed by atoms with Crippen molar-refractivity contribution < 1.29 is 9.59 Å². The van der Waals surface area contributed by atoms with E-state index in [4.69, 9.17) is 23.2 Å². The second-order valence-corrected chi connectivity index (χ2v) is 5.23. The van der Waals surface area contributed by atoms with Gasteiger partial charge < -0.3 is 15.1 Å². The molecule has 21 heavy (non-hydrogen) atoms. The molecule has 9 heteroatoms. The molecule has 0 radical (unpaired) electrons. The number of carbonyl (C=O) groups is 2. The molecule has 0 bridgehead atoms. The van der Waals surface area contributed by atoms with Gasteiger partial charge in [-0.05, 0) is 13.0 Å².